The second-order valence-electron chi connectivity index (χ2n) is 3.17. The molecule has 0 fully saturated rings. The van der Waals surface area contributed by atoms with Crippen LogP contribution in [-0.4, -0.2) is 24.9 Å². The molecule has 0 N–H and O–H groups in total. The Kier molecular flexibility index (Phi) is 3.45. The van der Waals surface area contributed by atoms with Crippen LogP contribution < -0.4 is 4.74 Å². The maximum atomic E-state index is 11.2. The topological polar surface area (TPSA) is 69.2 Å². The zero-order valence-electron chi connectivity index (χ0n) is 8.62. The summed E-state index contributed by atoms with van der Waals surface area (Å²) in [5.41, 5.74) is 0. The first-order valence-electron chi connectivity index (χ1n) is 4.42. The van der Waals surface area contributed by atoms with Crippen LogP contribution in [-0.2, 0) is 9.84 Å². The van der Waals surface area contributed by atoms with E-state index in [0.29, 0.717) is 14.9 Å². The molecule has 5 nitrogen and oxygen atoms in total. The molecular formula is C9H7BrN2O3S2. The normalized spacial score (nSPS) is 11.4. The molecule has 17 heavy (non-hydrogen) atoms. The summed E-state index contributed by atoms with van der Waals surface area (Å²) in [4.78, 5) is 0.253. The van der Waals surface area contributed by atoms with E-state index in [0.717, 1.165) is 6.26 Å². The van der Waals surface area contributed by atoms with Crippen molar-refractivity contribution in [2.24, 2.45) is 0 Å². The summed E-state index contributed by atoms with van der Waals surface area (Å²) < 4.78 is 28.5. The number of aromatic nitrogens is 2. The molecule has 0 saturated heterocycles. The zero-order valence-corrected chi connectivity index (χ0v) is 11.8. The molecule has 1 aromatic heterocycles. The van der Waals surface area contributed by atoms with Gasteiger partial charge in [0.1, 0.15) is 5.75 Å². The Bertz CT molecular complexity index is 622. The maximum Gasteiger partial charge on any atom is 0.300 e. The van der Waals surface area contributed by atoms with Crippen LogP contribution in [0.5, 0.6) is 10.9 Å². The van der Waals surface area contributed by atoms with E-state index in [-0.39, 0.29) is 4.90 Å². The van der Waals surface area contributed by atoms with E-state index >= 15 is 0 Å². The fourth-order valence-corrected chi connectivity index (χ4v) is 2.66. The smallest absolute Gasteiger partial charge is 0.300 e. The third kappa shape index (κ3) is 3.24. The Labute approximate surface area is 111 Å². The minimum absolute atomic E-state index is 0.253. The van der Waals surface area contributed by atoms with Gasteiger partial charge in [0.2, 0.25) is 0 Å². The van der Waals surface area contributed by atoms with Gasteiger partial charge in [-0.15, -0.1) is 5.10 Å². The summed E-state index contributed by atoms with van der Waals surface area (Å²) in [6, 6.07) is 6.12. The number of sulfone groups is 1. The standard InChI is InChI=1S/C9H7BrN2O3S2/c1-17(13,14)7-4-2-6(3-5-7)15-9-12-11-8(10)16-9/h2-5H,1H3. The van der Waals surface area contributed by atoms with Gasteiger partial charge < -0.3 is 4.74 Å². The van der Waals surface area contributed by atoms with E-state index in [1.807, 2.05) is 0 Å². The lowest BCUT2D eigenvalue weighted by atomic mass is 10.3. The second-order valence-corrected chi connectivity index (χ2v) is 7.40. The monoisotopic (exact) mass is 334 g/mol. The summed E-state index contributed by atoms with van der Waals surface area (Å²) in [5, 5.41) is 7.89. The molecule has 0 amide bonds. The molecule has 2 aromatic rings. The Balaban J connectivity index is 2.19. The van der Waals surface area contributed by atoms with Gasteiger partial charge in [-0.3, -0.25) is 0 Å². The Hall–Kier alpha value is -0.990. The lowest BCUT2D eigenvalue weighted by Gasteiger charge is -2.02. The summed E-state index contributed by atoms with van der Waals surface area (Å²) in [7, 11) is -3.18. The van der Waals surface area contributed by atoms with E-state index in [9.17, 15) is 8.42 Å². The third-order valence-corrected chi connectivity index (χ3v) is 4.20. The van der Waals surface area contributed by atoms with Crippen LogP contribution in [0.25, 0.3) is 0 Å². The van der Waals surface area contributed by atoms with Gasteiger partial charge in [0.15, 0.2) is 13.8 Å². The molecule has 2 rings (SSSR count). The van der Waals surface area contributed by atoms with Crippen molar-refractivity contribution in [2.45, 2.75) is 4.90 Å². The molecule has 0 atom stereocenters. The molecule has 0 aliphatic carbocycles. The highest BCUT2D eigenvalue weighted by atomic mass is 79.9. The van der Waals surface area contributed by atoms with E-state index in [2.05, 4.69) is 26.1 Å². The number of halogens is 1. The molecule has 0 radical (unpaired) electrons. The summed E-state index contributed by atoms with van der Waals surface area (Å²) in [5.74, 6) is 0.515. The van der Waals surface area contributed by atoms with E-state index < -0.39 is 9.84 Å². The van der Waals surface area contributed by atoms with Crippen molar-refractivity contribution in [2.75, 3.05) is 6.26 Å². The van der Waals surface area contributed by atoms with Gasteiger partial charge in [-0.05, 0) is 51.5 Å². The maximum absolute atomic E-state index is 11.2. The predicted molar refractivity (Wildman–Crippen MR) is 67.2 cm³/mol. The number of rotatable bonds is 3. The number of hydrogen-bond donors (Lipinski definition) is 0. The Morgan fingerprint density at radius 3 is 2.35 bits per heavy atom. The molecule has 0 saturated carbocycles. The quantitative estimate of drug-likeness (QED) is 0.862. The van der Waals surface area contributed by atoms with Gasteiger partial charge in [-0.2, -0.15) is 0 Å². The van der Waals surface area contributed by atoms with E-state index in [1.165, 1.54) is 23.5 Å². The number of ether oxygens (including phenoxy) is 1. The molecule has 1 aromatic carbocycles. The molecule has 8 heteroatoms. The summed E-state index contributed by atoms with van der Waals surface area (Å²) >= 11 is 4.42. The molecule has 0 spiro atoms. The van der Waals surface area contributed by atoms with Crippen molar-refractivity contribution in [3.8, 4) is 10.9 Å². The number of hydrogen-bond acceptors (Lipinski definition) is 6. The van der Waals surface area contributed by atoms with Crippen molar-refractivity contribution in [3.05, 3.63) is 28.2 Å². The van der Waals surface area contributed by atoms with Gasteiger partial charge in [0, 0.05) is 6.26 Å². The third-order valence-electron chi connectivity index (χ3n) is 1.84. The van der Waals surface area contributed by atoms with Crippen LogP contribution in [0.1, 0.15) is 0 Å². The van der Waals surface area contributed by atoms with Crippen LogP contribution in [0.4, 0.5) is 0 Å². The number of benzene rings is 1. The first-order chi connectivity index (χ1) is 7.95. The van der Waals surface area contributed by atoms with Crippen molar-refractivity contribution in [3.63, 3.8) is 0 Å². The predicted octanol–water partition coefficient (Wildman–Crippen LogP) is 2.50. The van der Waals surface area contributed by atoms with E-state index in [4.69, 9.17) is 4.74 Å². The molecule has 0 aliphatic rings. The minimum Gasteiger partial charge on any atom is -0.430 e. The molecule has 90 valence electrons. The van der Waals surface area contributed by atoms with Crippen LogP contribution in [0.2, 0.25) is 0 Å². The van der Waals surface area contributed by atoms with Crippen molar-refractivity contribution in [1.82, 2.24) is 10.2 Å². The van der Waals surface area contributed by atoms with Gasteiger partial charge in [-0.1, -0.05) is 5.10 Å². The second kappa shape index (κ2) is 4.71. The van der Waals surface area contributed by atoms with Crippen LogP contribution in [0, 0.1) is 0 Å². The lowest BCUT2D eigenvalue weighted by molar-refractivity contribution is 0.472. The van der Waals surface area contributed by atoms with Gasteiger partial charge in [0.05, 0.1) is 4.90 Å². The first kappa shape index (κ1) is 12.5. The minimum atomic E-state index is -3.18. The molecular weight excluding hydrogens is 328 g/mol. The highest BCUT2D eigenvalue weighted by Crippen LogP contribution is 2.27. The average molecular weight is 335 g/mol. The zero-order chi connectivity index (χ0) is 12.5. The largest absolute Gasteiger partial charge is 0.430 e. The van der Waals surface area contributed by atoms with Crippen LogP contribution in [0.15, 0.2) is 33.1 Å². The van der Waals surface area contributed by atoms with Gasteiger partial charge in [-0.25, -0.2) is 8.42 Å². The van der Waals surface area contributed by atoms with Crippen molar-refractivity contribution >= 4 is 37.1 Å². The molecule has 0 unspecified atom stereocenters. The molecule has 1 heterocycles. The summed E-state index contributed by atoms with van der Waals surface area (Å²) in [6.45, 7) is 0. The number of nitrogens with zero attached hydrogens (tertiary/aromatic N) is 2. The molecule has 0 bridgehead atoms. The molecule has 0 aliphatic heterocycles. The SMILES string of the molecule is CS(=O)(=O)c1ccc(Oc2nnc(Br)s2)cc1. The highest BCUT2D eigenvalue weighted by molar-refractivity contribution is 9.11. The Morgan fingerprint density at radius 1 is 1.24 bits per heavy atom. The fourth-order valence-electron chi connectivity index (χ4n) is 1.09. The first-order valence-corrected chi connectivity index (χ1v) is 7.92. The fraction of sp³-hybridized carbons (Fsp3) is 0.111. The van der Waals surface area contributed by atoms with Crippen molar-refractivity contribution < 1.29 is 13.2 Å². The van der Waals surface area contributed by atoms with Crippen LogP contribution in [0.3, 0.4) is 0 Å². The van der Waals surface area contributed by atoms with Crippen molar-refractivity contribution in [1.29, 1.82) is 0 Å². The average Bonchev–Trinajstić information content (AvgIpc) is 2.63. The summed E-state index contributed by atoms with van der Waals surface area (Å²) in [6.07, 6.45) is 1.16. The van der Waals surface area contributed by atoms with Gasteiger partial charge >= 0.3 is 0 Å². The highest BCUT2D eigenvalue weighted by Gasteiger charge is 2.08. The lowest BCUT2D eigenvalue weighted by Crippen LogP contribution is -1.96. The van der Waals surface area contributed by atoms with Gasteiger partial charge in [0.25, 0.3) is 5.19 Å². The Morgan fingerprint density at radius 2 is 1.88 bits per heavy atom. The van der Waals surface area contributed by atoms with Crippen LogP contribution >= 0.6 is 27.3 Å². The van der Waals surface area contributed by atoms with E-state index in [1.54, 1.807) is 12.1 Å².